The third kappa shape index (κ3) is 3.44. The molecule has 0 atom stereocenters. The second-order valence-electron chi connectivity index (χ2n) is 5.87. The lowest BCUT2D eigenvalue weighted by molar-refractivity contribution is 0.102. The first-order valence-electron chi connectivity index (χ1n) is 8.24. The number of hydrogen-bond donors (Lipinski definition) is 1. The van der Waals surface area contributed by atoms with Gasteiger partial charge in [0.1, 0.15) is 11.6 Å². The minimum Gasteiger partial charge on any atom is -0.378 e. The van der Waals surface area contributed by atoms with Crippen molar-refractivity contribution in [2.75, 3.05) is 36.5 Å². The van der Waals surface area contributed by atoms with Crippen molar-refractivity contribution < 1.29 is 9.53 Å². The Balaban J connectivity index is 1.53. The van der Waals surface area contributed by atoms with E-state index in [-0.39, 0.29) is 5.91 Å². The molecule has 1 aliphatic heterocycles. The maximum Gasteiger partial charge on any atom is 0.257 e. The van der Waals surface area contributed by atoms with Crippen LogP contribution in [0.1, 0.15) is 10.4 Å². The monoisotopic (exact) mass is 334 g/mol. The van der Waals surface area contributed by atoms with Gasteiger partial charge in [-0.15, -0.1) is 0 Å². The Morgan fingerprint density at radius 1 is 1.04 bits per heavy atom. The van der Waals surface area contributed by atoms with Crippen LogP contribution in [0.15, 0.2) is 54.9 Å². The van der Waals surface area contributed by atoms with Gasteiger partial charge in [0.05, 0.1) is 13.2 Å². The molecule has 1 saturated heterocycles. The molecule has 0 radical (unpaired) electrons. The first-order chi connectivity index (χ1) is 12.3. The van der Waals surface area contributed by atoms with Gasteiger partial charge in [-0.3, -0.25) is 4.79 Å². The van der Waals surface area contributed by atoms with E-state index in [1.54, 1.807) is 18.5 Å². The number of benzene rings is 1. The van der Waals surface area contributed by atoms with E-state index in [9.17, 15) is 4.79 Å². The fraction of sp³-hybridized carbons (Fsp3) is 0.211. The zero-order valence-electron chi connectivity index (χ0n) is 13.7. The Kier molecular flexibility index (Phi) is 4.26. The van der Waals surface area contributed by atoms with Gasteiger partial charge in [0, 0.05) is 36.4 Å². The number of anilines is 2. The second-order valence-corrected chi connectivity index (χ2v) is 5.87. The predicted molar refractivity (Wildman–Crippen MR) is 97.0 cm³/mol. The van der Waals surface area contributed by atoms with Crippen molar-refractivity contribution in [3.05, 3.63) is 60.4 Å². The minimum absolute atomic E-state index is 0.195. The molecule has 1 amide bonds. The lowest BCUT2D eigenvalue weighted by Crippen LogP contribution is -2.36. The number of rotatable bonds is 3. The maximum absolute atomic E-state index is 12.6. The lowest BCUT2D eigenvalue weighted by Gasteiger charge is -2.27. The van der Waals surface area contributed by atoms with Crippen LogP contribution in [0, 0.1) is 0 Å². The summed E-state index contributed by atoms with van der Waals surface area (Å²) >= 11 is 0. The molecule has 0 bridgehead atoms. The third-order valence-electron chi connectivity index (χ3n) is 4.22. The summed E-state index contributed by atoms with van der Waals surface area (Å²) in [4.78, 5) is 23.4. The van der Waals surface area contributed by atoms with E-state index in [4.69, 9.17) is 4.74 Å². The molecule has 6 nitrogen and oxygen atoms in total. The zero-order valence-corrected chi connectivity index (χ0v) is 13.7. The van der Waals surface area contributed by atoms with Gasteiger partial charge in [-0.25, -0.2) is 9.97 Å². The van der Waals surface area contributed by atoms with E-state index >= 15 is 0 Å². The molecule has 0 unspecified atom stereocenters. The largest absolute Gasteiger partial charge is 0.378 e. The zero-order chi connectivity index (χ0) is 17.1. The standard InChI is InChI=1S/C19H18N4O2/c24-19(22-17-11-14-3-1-2-4-16(14)13-21-17)15-5-6-20-18(12-15)23-7-9-25-10-8-23/h1-6,11-13H,7-10H2,(H,21,22,24). The first-order valence-corrected chi connectivity index (χ1v) is 8.24. The molecule has 2 aromatic heterocycles. The van der Waals surface area contributed by atoms with Crippen molar-refractivity contribution in [1.82, 2.24) is 9.97 Å². The van der Waals surface area contributed by atoms with Gasteiger partial charge in [-0.1, -0.05) is 24.3 Å². The van der Waals surface area contributed by atoms with E-state index in [1.165, 1.54) is 0 Å². The summed E-state index contributed by atoms with van der Waals surface area (Å²) in [6.45, 7) is 2.92. The van der Waals surface area contributed by atoms with Gasteiger partial charge in [0.2, 0.25) is 0 Å². The van der Waals surface area contributed by atoms with Crippen LogP contribution in [0.2, 0.25) is 0 Å². The van der Waals surface area contributed by atoms with Crippen molar-refractivity contribution in [2.24, 2.45) is 0 Å². The summed E-state index contributed by atoms with van der Waals surface area (Å²) in [5.74, 6) is 1.13. The second kappa shape index (κ2) is 6.86. The van der Waals surface area contributed by atoms with Crippen LogP contribution < -0.4 is 10.2 Å². The van der Waals surface area contributed by atoms with Crippen LogP contribution in [0.3, 0.4) is 0 Å². The summed E-state index contributed by atoms with van der Waals surface area (Å²) in [6.07, 6.45) is 3.42. The quantitative estimate of drug-likeness (QED) is 0.798. The molecule has 6 heteroatoms. The normalized spacial score (nSPS) is 14.5. The lowest BCUT2D eigenvalue weighted by atomic mass is 10.2. The fourth-order valence-electron chi connectivity index (χ4n) is 2.87. The highest BCUT2D eigenvalue weighted by atomic mass is 16.5. The van der Waals surface area contributed by atoms with E-state index in [0.29, 0.717) is 24.6 Å². The Hall–Kier alpha value is -2.99. The molecule has 1 fully saturated rings. The van der Waals surface area contributed by atoms with Crippen LogP contribution in [-0.2, 0) is 4.74 Å². The molecule has 0 spiro atoms. The molecular formula is C19H18N4O2. The van der Waals surface area contributed by atoms with Crippen molar-refractivity contribution in [3.8, 4) is 0 Å². The maximum atomic E-state index is 12.6. The SMILES string of the molecule is O=C(Nc1cc2ccccc2cn1)c1ccnc(N2CCOCC2)c1. The van der Waals surface area contributed by atoms with E-state index in [0.717, 1.165) is 29.7 Å². The summed E-state index contributed by atoms with van der Waals surface area (Å²) in [6, 6.07) is 13.3. The average molecular weight is 334 g/mol. The molecule has 3 aromatic rings. The summed E-state index contributed by atoms with van der Waals surface area (Å²) in [5.41, 5.74) is 0.562. The molecule has 4 rings (SSSR count). The molecule has 25 heavy (non-hydrogen) atoms. The number of nitrogens with zero attached hydrogens (tertiary/aromatic N) is 3. The Morgan fingerprint density at radius 3 is 2.68 bits per heavy atom. The third-order valence-corrected chi connectivity index (χ3v) is 4.22. The molecule has 0 aliphatic carbocycles. The molecule has 1 aliphatic rings. The number of fused-ring (bicyclic) bond motifs is 1. The number of amides is 1. The topological polar surface area (TPSA) is 67.4 Å². The predicted octanol–water partition coefficient (Wildman–Crippen LogP) is 2.72. The van der Waals surface area contributed by atoms with Crippen molar-refractivity contribution in [2.45, 2.75) is 0 Å². The highest BCUT2D eigenvalue weighted by molar-refractivity contribution is 6.04. The Labute approximate surface area is 145 Å². The van der Waals surface area contributed by atoms with Crippen LogP contribution in [0.25, 0.3) is 10.8 Å². The highest BCUT2D eigenvalue weighted by Crippen LogP contribution is 2.18. The number of morpholine rings is 1. The smallest absolute Gasteiger partial charge is 0.257 e. The first kappa shape index (κ1) is 15.5. The van der Waals surface area contributed by atoms with Gasteiger partial charge in [0.25, 0.3) is 5.91 Å². The van der Waals surface area contributed by atoms with Crippen LogP contribution >= 0.6 is 0 Å². The van der Waals surface area contributed by atoms with Crippen LogP contribution in [0.4, 0.5) is 11.6 Å². The Bertz CT molecular complexity index is 907. The van der Waals surface area contributed by atoms with Crippen molar-refractivity contribution in [3.63, 3.8) is 0 Å². The summed E-state index contributed by atoms with van der Waals surface area (Å²) in [7, 11) is 0. The molecular weight excluding hydrogens is 316 g/mol. The summed E-state index contributed by atoms with van der Waals surface area (Å²) in [5, 5.41) is 4.94. The van der Waals surface area contributed by atoms with E-state index in [2.05, 4.69) is 20.2 Å². The number of nitrogens with one attached hydrogen (secondary N) is 1. The molecule has 1 aromatic carbocycles. The Morgan fingerprint density at radius 2 is 1.84 bits per heavy atom. The minimum atomic E-state index is -0.195. The number of aromatic nitrogens is 2. The number of hydrogen-bond acceptors (Lipinski definition) is 5. The number of carbonyl (C=O) groups excluding carboxylic acids is 1. The van der Waals surface area contributed by atoms with Gasteiger partial charge in [0.15, 0.2) is 0 Å². The average Bonchev–Trinajstić information content (AvgIpc) is 2.69. The summed E-state index contributed by atoms with van der Waals surface area (Å²) < 4.78 is 5.36. The van der Waals surface area contributed by atoms with Crippen molar-refractivity contribution in [1.29, 1.82) is 0 Å². The van der Waals surface area contributed by atoms with Crippen LogP contribution in [-0.4, -0.2) is 42.2 Å². The van der Waals surface area contributed by atoms with Crippen LogP contribution in [0.5, 0.6) is 0 Å². The van der Waals surface area contributed by atoms with E-state index < -0.39 is 0 Å². The number of pyridine rings is 2. The molecule has 1 N–H and O–H groups in total. The highest BCUT2D eigenvalue weighted by Gasteiger charge is 2.15. The molecule has 0 saturated carbocycles. The van der Waals surface area contributed by atoms with Gasteiger partial charge in [-0.05, 0) is 23.6 Å². The number of carbonyl (C=O) groups is 1. The van der Waals surface area contributed by atoms with Gasteiger partial charge >= 0.3 is 0 Å². The molecule has 126 valence electrons. The number of ether oxygens (including phenoxy) is 1. The van der Waals surface area contributed by atoms with E-state index in [1.807, 2.05) is 36.4 Å². The van der Waals surface area contributed by atoms with Gasteiger partial charge in [-0.2, -0.15) is 0 Å². The van der Waals surface area contributed by atoms with Crippen molar-refractivity contribution >= 4 is 28.3 Å². The fourth-order valence-corrected chi connectivity index (χ4v) is 2.87. The molecule has 3 heterocycles. The van der Waals surface area contributed by atoms with Gasteiger partial charge < -0.3 is 15.0 Å².